The van der Waals surface area contributed by atoms with Gasteiger partial charge in [0.05, 0.1) is 11.4 Å². The van der Waals surface area contributed by atoms with Crippen LogP contribution in [0.25, 0.3) is 0 Å². The Morgan fingerprint density at radius 3 is 2.78 bits per heavy atom. The smallest absolute Gasteiger partial charge is 0.251 e. The Balaban J connectivity index is 1.81. The van der Waals surface area contributed by atoms with Crippen LogP contribution in [-0.4, -0.2) is 31.2 Å². The van der Waals surface area contributed by atoms with Gasteiger partial charge in [-0.05, 0) is 66.4 Å². The maximum absolute atomic E-state index is 13.1. The van der Waals surface area contributed by atoms with Gasteiger partial charge < -0.3 is 5.32 Å². The topological polar surface area (TPSA) is 66.5 Å². The molecule has 0 spiro atoms. The van der Waals surface area contributed by atoms with Crippen LogP contribution < -0.4 is 5.32 Å². The average molecular weight is 471 g/mol. The number of carbonyl (C=O) groups excluding carboxylic acids is 1. The van der Waals surface area contributed by atoms with Crippen molar-refractivity contribution in [3.63, 3.8) is 0 Å². The molecule has 1 amide bonds. The van der Waals surface area contributed by atoms with E-state index in [9.17, 15) is 13.2 Å². The van der Waals surface area contributed by atoms with Crippen molar-refractivity contribution in [3.05, 3.63) is 50.1 Å². The van der Waals surface area contributed by atoms with Crippen molar-refractivity contribution in [2.75, 3.05) is 6.54 Å². The second-order valence-corrected chi connectivity index (χ2v) is 10.7. The van der Waals surface area contributed by atoms with Crippen molar-refractivity contribution < 1.29 is 13.2 Å². The summed E-state index contributed by atoms with van der Waals surface area (Å²) < 4.78 is 28.7. The summed E-state index contributed by atoms with van der Waals surface area (Å²) in [6.45, 7) is 4.70. The summed E-state index contributed by atoms with van der Waals surface area (Å²) >= 11 is 4.95. The van der Waals surface area contributed by atoms with Gasteiger partial charge in [0.15, 0.2) is 0 Å². The minimum absolute atomic E-state index is 0.0143. The van der Waals surface area contributed by atoms with Crippen molar-refractivity contribution in [1.29, 1.82) is 0 Å². The number of thiophene rings is 1. The molecule has 27 heavy (non-hydrogen) atoms. The molecule has 1 aliphatic rings. The van der Waals surface area contributed by atoms with E-state index < -0.39 is 10.0 Å². The van der Waals surface area contributed by atoms with Gasteiger partial charge in [-0.3, -0.25) is 4.79 Å². The van der Waals surface area contributed by atoms with Gasteiger partial charge in [-0.25, -0.2) is 8.42 Å². The molecule has 1 saturated heterocycles. The molecule has 0 aliphatic carbocycles. The van der Waals surface area contributed by atoms with Crippen LogP contribution in [0.5, 0.6) is 0 Å². The molecule has 1 atom stereocenters. The molecule has 8 heteroatoms. The lowest BCUT2D eigenvalue weighted by atomic mass is 10.1. The molecule has 5 nitrogen and oxygen atoms in total. The van der Waals surface area contributed by atoms with Crippen LogP contribution in [0.3, 0.4) is 0 Å². The molecule has 0 radical (unpaired) electrons. The van der Waals surface area contributed by atoms with E-state index in [0.29, 0.717) is 18.7 Å². The summed E-state index contributed by atoms with van der Waals surface area (Å²) in [5, 5.41) is 4.84. The Labute approximate surface area is 173 Å². The lowest BCUT2D eigenvalue weighted by molar-refractivity contribution is 0.0950. The maximum Gasteiger partial charge on any atom is 0.251 e. The standard InChI is InChI=1S/C19H23BrN2O3S2/c1-13-6-7-17(27(24,25)22-8-4-3-5-14(22)2)10-18(13)19(23)21-11-16-9-15(20)12-26-16/h6-7,9-10,12,14H,3-5,8,11H2,1-2H3,(H,21,23). The number of piperidine rings is 1. The van der Waals surface area contributed by atoms with Crippen LogP contribution in [0.15, 0.2) is 39.0 Å². The van der Waals surface area contributed by atoms with Crippen molar-refractivity contribution in [1.82, 2.24) is 9.62 Å². The summed E-state index contributed by atoms with van der Waals surface area (Å²) in [5.74, 6) is -0.263. The highest BCUT2D eigenvalue weighted by Crippen LogP contribution is 2.26. The van der Waals surface area contributed by atoms with Crippen LogP contribution in [0, 0.1) is 6.92 Å². The van der Waals surface area contributed by atoms with E-state index in [2.05, 4.69) is 21.2 Å². The van der Waals surface area contributed by atoms with Crippen molar-refractivity contribution >= 4 is 43.2 Å². The highest BCUT2D eigenvalue weighted by Gasteiger charge is 2.31. The molecule has 2 heterocycles. The summed E-state index contributed by atoms with van der Waals surface area (Å²) in [6, 6.07) is 6.75. The van der Waals surface area contributed by atoms with Crippen molar-refractivity contribution in [2.45, 2.75) is 50.6 Å². The van der Waals surface area contributed by atoms with E-state index in [1.165, 1.54) is 6.07 Å². The Hall–Kier alpha value is -1.22. The number of halogens is 1. The first-order valence-electron chi connectivity index (χ1n) is 8.92. The van der Waals surface area contributed by atoms with Crippen LogP contribution in [0.4, 0.5) is 0 Å². The fourth-order valence-corrected chi connectivity index (χ4v) is 6.40. The van der Waals surface area contributed by atoms with Crippen molar-refractivity contribution in [2.24, 2.45) is 0 Å². The van der Waals surface area contributed by atoms with Crippen LogP contribution >= 0.6 is 27.3 Å². The van der Waals surface area contributed by atoms with Gasteiger partial charge >= 0.3 is 0 Å². The third-order valence-electron chi connectivity index (χ3n) is 4.85. The minimum Gasteiger partial charge on any atom is -0.347 e. The molecule has 1 fully saturated rings. The number of nitrogens with zero attached hydrogens (tertiary/aromatic N) is 1. The molecular weight excluding hydrogens is 448 g/mol. The Bertz CT molecular complexity index is 940. The number of sulfonamides is 1. The lowest BCUT2D eigenvalue weighted by Gasteiger charge is -2.32. The third-order valence-corrected chi connectivity index (χ3v) is 8.55. The Kier molecular flexibility index (Phi) is 6.40. The van der Waals surface area contributed by atoms with Crippen LogP contribution in [0.2, 0.25) is 0 Å². The monoisotopic (exact) mass is 470 g/mol. The largest absolute Gasteiger partial charge is 0.347 e. The molecule has 3 rings (SSSR count). The third kappa shape index (κ3) is 4.62. The number of carbonyl (C=O) groups is 1. The normalized spacial score (nSPS) is 18.4. The fraction of sp³-hybridized carbons (Fsp3) is 0.421. The molecule has 1 aromatic heterocycles. The molecule has 1 N–H and O–H groups in total. The number of hydrogen-bond donors (Lipinski definition) is 1. The Morgan fingerprint density at radius 2 is 2.11 bits per heavy atom. The van der Waals surface area contributed by atoms with Gasteiger partial charge in [-0.1, -0.05) is 12.5 Å². The van der Waals surface area contributed by atoms with E-state index in [1.807, 2.05) is 25.3 Å². The molecule has 1 aliphatic heterocycles. The Morgan fingerprint density at radius 1 is 1.33 bits per heavy atom. The second-order valence-electron chi connectivity index (χ2n) is 6.85. The number of hydrogen-bond acceptors (Lipinski definition) is 4. The summed E-state index contributed by atoms with van der Waals surface area (Å²) in [4.78, 5) is 13.9. The summed E-state index contributed by atoms with van der Waals surface area (Å²) in [7, 11) is -3.60. The number of nitrogens with one attached hydrogen (secondary N) is 1. The van der Waals surface area contributed by atoms with E-state index in [-0.39, 0.29) is 16.8 Å². The van der Waals surface area contributed by atoms with E-state index >= 15 is 0 Å². The predicted molar refractivity (Wildman–Crippen MR) is 112 cm³/mol. The molecule has 0 bridgehead atoms. The van der Waals surface area contributed by atoms with Crippen LogP contribution in [-0.2, 0) is 16.6 Å². The first kappa shape index (κ1) is 20.5. The van der Waals surface area contributed by atoms with E-state index in [1.54, 1.807) is 27.8 Å². The highest BCUT2D eigenvalue weighted by molar-refractivity contribution is 9.10. The lowest BCUT2D eigenvalue weighted by Crippen LogP contribution is -2.42. The second kappa shape index (κ2) is 8.43. The van der Waals surface area contributed by atoms with Gasteiger partial charge in [0.2, 0.25) is 10.0 Å². The van der Waals surface area contributed by atoms with Gasteiger partial charge in [0, 0.05) is 32.9 Å². The molecule has 1 unspecified atom stereocenters. The predicted octanol–water partition coefficient (Wildman–Crippen LogP) is 4.31. The van der Waals surface area contributed by atoms with E-state index in [4.69, 9.17) is 0 Å². The number of aryl methyl sites for hydroxylation is 1. The van der Waals surface area contributed by atoms with Crippen molar-refractivity contribution in [3.8, 4) is 0 Å². The minimum atomic E-state index is -3.60. The van der Waals surface area contributed by atoms with Gasteiger partial charge in [-0.15, -0.1) is 11.3 Å². The molecule has 1 aromatic carbocycles. The van der Waals surface area contributed by atoms with Gasteiger partial charge in [-0.2, -0.15) is 4.31 Å². The van der Waals surface area contributed by atoms with Gasteiger partial charge in [0.1, 0.15) is 0 Å². The van der Waals surface area contributed by atoms with Gasteiger partial charge in [0.25, 0.3) is 5.91 Å². The SMILES string of the molecule is Cc1ccc(S(=O)(=O)N2CCCCC2C)cc1C(=O)NCc1cc(Br)cs1. The molecule has 0 saturated carbocycles. The maximum atomic E-state index is 13.1. The summed E-state index contributed by atoms with van der Waals surface area (Å²) in [6.07, 6.45) is 2.79. The number of benzene rings is 1. The quantitative estimate of drug-likeness (QED) is 0.707. The fourth-order valence-electron chi connectivity index (χ4n) is 3.28. The molecule has 2 aromatic rings. The molecule has 146 valence electrons. The van der Waals surface area contributed by atoms with E-state index in [0.717, 1.165) is 34.2 Å². The highest BCUT2D eigenvalue weighted by atomic mass is 79.9. The number of amides is 1. The molecular formula is C19H23BrN2O3S2. The zero-order valence-electron chi connectivity index (χ0n) is 15.4. The first-order chi connectivity index (χ1) is 12.8. The zero-order chi connectivity index (χ0) is 19.6. The summed E-state index contributed by atoms with van der Waals surface area (Å²) in [5.41, 5.74) is 1.15. The average Bonchev–Trinajstić information content (AvgIpc) is 3.05. The van der Waals surface area contributed by atoms with Crippen LogP contribution in [0.1, 0.15) is 47.0 Å². The number of rotatable bonds is 5. The first-order valence-corrected chi connectivity index (χ1v) is 12.0. The zero-order valence-corrected chi connectivity index (χ0v) is 18.6.